The Hall–Kier alpha value is -1.92. The molecule has 0 saturated heterocycles. The quantitative estimate of drug-likeness (QED) is 0.796. The van der Waals surface area contributed by atoms with Gasteiger partial charge in [-0.05, 0) is 35.4 Å². The number of imide groups is 1. The minimum Gasteiger partial charge on any atom is -0.268 e. The molecule has 2 heterocycles. The van der Waals surface area contributed by atoms with Crippen LogP contribution in [0.3, 0.4) is 0 Å². The van der Waals surface area contributed by atoms with Gasteiger partial charge in [-0.15, -0.1) is 23.1 Å². The molecule has 1 aromatic carbocycles. The zero-order valence-corrected chi connectivity index (χ0v) is 13.3. The molecule has 22 heavy (non-hydrogen) atoms. The number of anilines is 1. The first-order valence-corrected chi connectivity index (χ1v) is 8.55. The number of carbonyl (C=O) groups excluding carboxylic acids is 2. The zero-order valence-electron chi connectivity index (χ0n) is 11.7. The molecule has 1 aromatic heterocycles. The van der Waals surface area contributed by atoms with E-state index in [2.05, 4.69) is 0 Å². The van der Waals surface area contributed by atoms with Gasteiger partial charge in [0.25, 0.3) is 11.8 Å². The zero-order chi connectivity index (χ0) is 15.7. The molecule has 1 aliphatic heterocycles. The molecule has 0 saturated carbocycles. The molecule has 0 bridgehead atoms. The number of thioether (sulfide) groups is 1. The van der Waals surface area contributed by atoms with Crippen LogP contribution in [-0.4, -0.2) is 17.6 Å². The fourth-order valence-corrected chi connectivity index (χ4v) is 3.95. The summed E-state index contributed by atoms with van der Waals surface area (Å²) in [6.45, 7) is 1.92. The molecular weight excluding hydrogens is 321 g/mol. The number of halogens is 1. The maximum atomic E-state index is 13.4. The predicted octanol–water partition coefficient (Wildman–Crippen LogP) is 3.92. The van der Waals surface area contributed by atoms with E-state index in [1.807, 2.05) is 24.4 Å². The van der Waals surface area contributed by atoms with E-state index < -0.39 is 11.7 Å². The Morgan fingerprint density at radius 2 is 2.00 bits per heavy atom. The first-order chi connectivity index (χ1) is 10.6. The van der Waals surface area contributed by atoms with Gasteiger partial charge in [0.05, 0.1) is 16.2 Å². The average Bonchev–Trinajstić information content (AvgIpc) is 3.07. The lowest BCUT2D eigenvalue weighted by Crippen LogP contribution is -2.31. The van der Waals surface area contributed by atoms with Gasteiger partial charge in [0.1, 0.15) is 5.82 Å². The summed E-state index contributed by atoms with van der Waals surface area (Å²) < 4.78 is 13.4. The lowest BCUT2D eigenvalue weighted by Gasteiger charge is -2.14. The highest BCUT2D eigenvalue weighted by Crippen LogP contribution is 2.39. The first-order valence-electron chi connectivity index (χ1n) is 6.68. The number of nitrogens with zero attached hydrogens (tertiary/aromatic N) is 1. The summed E-state index contributed by atoms with van der Waals surface area (Å²) in [7, 11) is 0. The molecule has 1 aliphatic rings. The third kappa shape index (κ3) is 2.48. The highest BCUT2D eigenvalue weighted by Gasteiger charge is 2.40. The van der Waals surface area contributed by atoms with Crippen molar-refractivity contribution in [1.29, 1.82) is 0 Å². The van der Waals surface area contributed by atoms with Crippen LogP contribution in [0.15, 0.2) is 46.7 Å². The van der Waals surface area contributed by atoms with Crippen molar-refractivity contribution >= 4 is 46.2 Å². The molecule has 3 nitrogen and oxygen atoms in total. The van der Waals surface area contributed by atoms with Gasteiger partial charge < -0.3 is 0 Å². The lowest BCUT2D eigenvalue weighted by atomic mass is 10.2. The van der Waals surface area contributed by atoms with Crippen LogP contribution >= 0.6 is 23.1 Å². The molecule has 0 fully saturated rings. The average molecular weight is 333 g/mol. The monoisotopic (exact) mass is 333 g/mol. The van der Waals surface area contributed by atoms with Crippen LogP contribution in [0, 0.1) is 5.82 Å². The third-order valence-corrected chi connectivity index (χ3v) is 5.01. The van der Waals surface area contributed by atoms with Gasteiger partial charge in [-0.25, -0.2) is 9.29 Å². The Morgan fingerprint density at radius 1 is 1.18 bits per heavy atom. The molecule has 3 rings (SSSR count). The molecule has 0 radical (unpaired) electrons. The van der Waals surface area contributed by atoms with Crippen molar-refractivity contribution in [3.8, 4) is 0 Å². The van der Waals surface area contributed by atoms with Gasteiger partial charge in [0.15, 0.2) is 0 Å². The number of hydrogen-bond acceptors (Lipinski definition) is 4. The van der Waals surface area contributed by atoms with Crippen LogP contribution in [0.2, 0.25) is 0 Å². The summed E-state index contributed by atoms with van der Waals surface area (Å²) in [6, 6.07) is 9.18. The molecule has 0 spiro atoms. The Labute approximate surface area is 135 Å². The molecule has 6 heteroatoms. The van der Waals surface area contributed by atoms with E-state index in [0.717, 1.165) is 9.78 Å². The normalized spacial score (nSPS) is 15.1. The van der Waals surface area contributed by atoms with Crippen molar-refractivity contribution in [3.05, 3.63) is 57.4 Å². The first kappa shape index (κ1) is 15.0. The number of hydrogen-bond donors (Lipinski definition) is 0. The second-order valence-electron chi connectivity index (χ2n) is 4.54. The molecule has 2 amide bonds. The number of carbonyl (C=O) groups is 2. The van der Waals surface area contributed by atoms with Gasteiger partial charge in [-0.3, -0.25) is 9.59 Å². The summed E-state index contributed by atoms with van der Waals surface area (Å²) >= 11 is 2.75. The number of thiophene rings is 1. The summed E-state index contributed by atoms with van der Waals surface area (Å²) in [6.07, 6.45) is 0. The number of benzene rings is 1. The van der Waals surface area contributed by atoms with Crippen molar-refractivity contribution < 1.29 is 14.0 Å². The van der Waals surface area contributed by atoms with Crippen LogP contribution < -0.4 is 4.90 Å². The minimum atomic E-state index is -0.479. The number of rotatable bonds is 4. The number of amides is 2. The molecular formula is C16H12FNO2S2. The summed E-state index contributed by atoms with van der Waals surface area (Å²) in [5.74, 6) is -0.576. The van der Waals surface area contributed by atoms with E-state index in [-0.39, 0.29) is 11.6 Å². The van der Waals surface area contributed by atoms with E-state index in [1.54, 1.807) is 6.07 Å². The molecule has 0 N–H and O–H groups in total. The molecule has 0 unspecified atom stereocenters. The molecule has 0 aliphatic carbocycles. The van der Waals surface area contributed by atoms with Crippen LogP contribution in [-0.2, 0) is 9.59 Å². The van der Waals surface area contributed by atoms with E-state index in [0.29, 0.717) is 16.2 Å². The Kier molecular flexibility index (Phi) is 4.13. The fourth-order valence-electron chi connectivity index (χ4n) is 2.28. The second kappa shape index (κ2) is 6.06. The maximum Gasteiger partial charge on any atom is 0.272 e. The topological polar surface area (TPSA) is 37.4 Å². The van der Waals surface area contributed by atoms with Gasteiger partial charge >= 0.3 is 0 Å². The van der Waals surface area contributed by atoms with Crippen LogP contribution in [0.5, 0.6) is 0 Å². The van der Waals surface area contributed by atoms with Crippen molar-refractivity contribution in [2.75, 3.05) is 10.7 Å². The van der Waals surface area contributed by atoms with E-state index >= 15 is 0 Å². The van der Waals surface area contributed by atoms with E-state index in [1.165, 1.54) is 41.3 Å². The predicted molar refractivity (Wildman–Crippen MR) is 88.3 cm³/mol. The third-order valence-electron chi connectivity index (χ3n) is 3.16. The smallest absolute Gasteiger partial charge is 0.268 e. The van der Waals surface area contributed by atoms with E-state index in [9.17, 15) is 14.0 Å². The van der Waals surface area contributed by atoms with Crippen molar-refractivity contribution in [2.24, 2.45) is 0 Å². The fraction of sp³-hybridized carbons (Fsp3) is 0.125. The SMILES string of the molecule is CCSC1=C(c2cccs2)C(=O)N(c2cccc(F)c2)C1=O. The van der Waals surface area contributed by atoms with Crippen molar-refractivity contribution in [2.45, 2.75) is 6.92 Å². The largest absolute Gasteiger partial charge is 0.272 e. The maximum absolute atomic E-state index is 13.4. The van der Waals surface area contributed by atoms with Gasteiger partial charge in [-0.1, -0.05) is 19.1 Å². The highest BCUT2D eigenvalue weighted by molar-refractivity contribution is 8.04. The van der Waals surface area contributed by atoms with Crippen LogP contribution in [0.1, 0.15) is 11.8 Å². The van der Waals surface area contributed by atoms with Crippen LogP contribution in [0.4, 0.5) is 10.1 Å². The summed E-state index contributed by atoms with van der Waals surface area (Å²) in [5, 5.41) is 1.86. The molecule has 112 valence electrons. The second-order valence-corrected chi connectivity index (χ2v) is 6.76. The van der Waals surface area contributed by atoms with Gasteiger partial charge in [-0.2, -0.15) is 0 Å². The molecule has 0 atom stereocenters. The molecule has 2 aromatic rings. The lowest BCUT2D eigenvalue weighted by molar-refractivity contribution is -0.119. The van der Waals surface area contributed by atoms with Crippen molar-refractivity contribution in [1.82, 2.24) is 0 Å². The van der Waals surface area contributed by atoms with Crippen LogP contribution in [0.25, 0.3) is 5.57 Å². The Bertz CT molecular complexity index is 768. The highest BCUT2D eigenvalue weighted by atomic mass is 32.2. The Morgan fingerprint density at radius 3 is 2.64 bits per heavy atom. The van der Waals surface area contributed by atoms with Gasteiger partial charge in [0.2, 0.25) is 0 Å². The van der Waals surface area contributed by atoms with Gasteiger partial charge in [0, 0.05) is 4.88 Å². The Balaban J connectivity index is 2.08. The minimum absolute atomic E-state index is 0.260. The van der Waals surface area contributed by atoms with Crippen molar-refractivity contribution in [3.63, 3.8) is 0 Å². The standard InChI is InChI=1S/C16H12FNO2S2/c1-2-21-14-13(12-7-4-8-22-12)15(19)18(16(14)20)11-6-3-5-10(17)9-11/h3-9H,2H2,1H3. The summed E-state index contributed by atoms with van der Waals surface area (Å²) in [5.41, 5.74) is 0.673. The summed E-state index contributed by atoms with van der Waals surface area (Å²) in [4.78, 5) is 27.6. The van der Waals surface area contributed by atoms with E-state index in [4.69, 9.17) is 0 Å².